The van der Waals surface area contributed by atoms with E-state index in [9.17, 15) is 4.39 Å². The second-order valence-corrected chi connectivity index (χ2v) is 4.17. The smallest absolute Gasteiger partial charge is 0.173 e. The summed E-state index contributed by atoms with van der Waals surface area (Å²) in [6.07, 6.45) is 2.04. The largest absolute Gasteiger partial charge is 0.409 e. The molecule has 100 valence electrons. The lowest BCUT2D eigenvalue weighted by Gasteiger charge is -2.13. The molecular weight excluding hydrogens is 235 g/mol. The zero-order chi connectivity index (χ0) is 13.5. The minimum atomic E-state index is -0.503. The van der Waals surface area contributed by atoms with E-state index in [2.05, 4.69) is 12.1 Å². The molecule has 0 fully saturated rings. The number of oxime groups is 1. The molecule has 0 saturated heterocycles. The maximum Gasteiger partial charge on any atom is 0.173 e. The molecule has 1 atom stereocenters. The van der Waals surface area contributed by atoms with Crippen molar-refractivity contribution in [1.29, 1.82) is 0 Å². The molecule has 1 unspecified atom stereocenters. The van der Waals surface area contributed by atoms with E-state index in [4.69, 9.17) is 15.7 Å². The van der Waals surface area contributed by atoms with Gasteiger partial charge in [0.05, 0.1) is 18.3 Å². The first kappa shape index (κ1) is 14.4. The maximum absolute atomic E-state index is 14.0. The number of nitrogens with two attached hydrogens (primary N) is 1. The third-order valence-electron chi connectivity index (χ3n) is 2.68. The van der Waals surface area contributed by atoms with Gasteiger partial charge in [0.15, 0.2) is 5.84 Å². The van der Waals surface area contributed by atoms with Gasteiger partial charge in [0, 0.05) is 5.56 Å². The van der Waals surface area contributed by atoms with Gasteiger partial charge < -0.3 is 15.7 Å². The average Bonchev–Trinajstić information content (AvgIpc) is 2.37. The molecule has 0 saturated carbocycles. The summed E-state index contributed by atoms with van der Waals surface area (Å²) >= 11 is 0. The van der Waals surface area contributed by atoms with Crippen LogP contribution in [0.5, 0.6) is 0 Å². The van der Waals surface area contributed by atoms with Gasteiger partial charge in [-0.15, -0.1) is 0 Å². The van der Waals surface area contributed by atoms with E-state index in [1.54, 1.807) is 12.1 Å². The lowest BCUT2D eigenvalue weighted by Crippen LogP contribution is -2.16. The summed E-state index contributed by atoms with van der Waals surface area (Å²) in [4.78, 5) is 0. The average molecular weight is 254 g/mol. The number of benzene rings is 1. The van der Waals surface area contributed by atoms with Crippen molar-refractivity contribution in [3.05, 3.63) is 35.1 Å². The number of rotatable bonds is 6. The fraction of sp³-hybridized carbons (Fsp3) is 0.462. The molecule has 0 spiro atoms. The first-order chi connectivity index (χ1) is 8.60. The first-order valence-corrected chi connectivity index (χ1v) is 5.97. The van der Waals surface area contributed by atoms with E-state index in [0.717, 1.165) is 12.8 Å². The Balaban J connectivity index is 2.78. The SMILES string of the molecule is CCCC(C)OCc1cccc(/C(N)=N/O)c1F. The highest BCUT2D eigenvalue weighted by atomic mass is 19.1. The zero-order valence-electron chi connectivity index (χ0n) is 10.7. The minimum absolute atomic E-state index is 0.0849. The number of amidine groups is 1. The van der Waals surface area contributed by atoms with Crippen molar-refractivity contribution in [2.75, 3.05) is 0 Å². The molecule has 1 aromatic carbocycles. The van der Waals surface area contributed by atoms with Crippen molar-refractivity contribution in [2.24, 2.45) is 10.9 Å². The fourth-order valence-corrected chi connectivity index (χ4v) is 1.66. The third kappa shape index (κ3) is 3.70. The highest BCUT2D eigenvalue weighted by Crippen LogP contribution is 2.15. The van der Waals surface area contributed by atoms with Crippen LogP contribution < -0.4 is 5.73 Å². The summed E-state index contributed by atoms with van der Waals surface area (Å²) < 4.78 is 19.5. The van der Waals surface area contributed by atoms with E-state index in [0.29, 0.717) is 5.56 Å². The Labute approximate surface area is 106 Å². The van der Waals surface area contributed by atoms with E-state index >= 15 is 0 Å². The van der Waals surface area contributed by atoms with Crippen LogP contribution in [0.2, 0.25) is 0 Å². The van der Waals surface area contributed by atoms with Crippen LogP contribution in [0.25, 0.3) is 0 Å². The van der Waals surface area contributed by atoms with Crippen LogP contribution in [0.15, 0.2) is 23.4 Å². The van der Waals surface area contributed by atoms with E-state index in [1.165, 1.54) is 6.07 Å². The van der Waals surface area contributed by atoms with Crippen LogP contribution in [0.1, 0.15) is 37.8 Å². The van der Waals surface area contributed by atoms with Gasteiger partial charge in [-0.25, -0.2) is 4.39 Å². The van der Waals surface area contributed by atoms with Crippen molar-refractivity contribution in [3.63, 3.8) is 0 Å². The number of halogens is 1. The van der Waals surface area contributed by atoms with Gasteiger partial charge in [-0.2, -0.15) is 0 Å². The third-order valence-corrected chi connectivity index (χ3v) is 2.68. The number of nitrogens with zero attached hydrogens (tertiary/aromatic N) is 1. The Morgan fingerprint density at radius 2 is 2.28 bits per heavy atom. The normalized spacial score (nSPS) is 13.6. The molecule has 0 aliphatic rings. The Hall–Kier alpha value is -1.62. The molecular formula is C13H19FN2O2. The Kier molecular flexibility index (Phi) is 5.58. The molecule has 0 bridgehead atoms. The van der Waals surface area contributed by atoms with Crippen LogP contribution in [0, 0.1) is 5.82 Å². The highest BCUT2D eigenvalue weighted by molar-refractivity contribution is 5.97. The molecule has 0 aromatic heterocycles. The van der Waals surface area contributed by atoms with Crippen molar-refractivity contribution in [1.82, 2.24) is 0 Å². The summed E-state index contributed by atoms with van der Waals surface area (Å²) in [7, 11) is 0. The van der Waals surface area contributed by atoms with Crippen LogP contribution in [-0.4, -0.2) is 17.1 Å². The van der Waals surface area contributed by atoms with Gasteiger partial charge in [0.2, 0.25) is 0 Å². The van der Waals surface area contributed by atoms with Gasteiger partial charge in [-0.1, -0.05) is 30.6 Å². The molecule has 0 radical (unpaired) electrons. The van der Waals surface area contributed by atoms with E-state index in [1.807, 2.05) is 6.92 Å². The van der Waals surface area contributed by atoms with Gasteiger partial charge in [-0.05, 0) is 19.4 Å². The lowest BCUT2D eigenvalue weighted by molar-refractivity contribution is 0.0456. The van der Waals surface area contributed by atoms with Gasteiger partial charge in [0.1, 0.15) is 5.82 Å². The minimum Gasteiger partial charge on any atom is -0.409 e. The molecule has 0 aliphatic carbocycles. The quantitative estimate of drug-likeness (QED) is 0.355. The van der Waals surface area contributed by atoms with Crippen LogP contribution in [0.4, 0.5) is 4.39 Å². The van der Waals surface area contributed by atoms with Gasteiger partial charge >= 0.3 is 0 Å². The molecule has 4 nitrogen and oxygen atoms in total. The van der Waals surface area contributed by atoms with Crippen molar-refractivity contribution >= 4 is 5.84 Å². The molecule has 0 heterocycles. The monoisotopic (exact) mass is 254 g/mol. The molecule has 0 amide bonds. The Morgan fingerprint density at radius 1 is 1.56 bits per heavy atom. The molecule has 18 heavy (non-hydrogen) atoms. The molecule has 0 aliphatic heterocycles. The molecule has 1 aromatic rings. The standard InChI is InChI=1S/C13H19FN2O2/c1-3-5-9(2)18-8-10-6-4-7-11(12(10)14)13(15)16-17/h4,6-7,9,17H,3,5,8H2,1-2H3,(H2,15,16). The molecule has 3 N–H and O–H groups in total. The van der Waals surface area contributed by atoms with Crippen molar-refractivity contribution in [3.8, 4) is 0 Å². The summed E-state index contributed by atoms with van der Waals surface area (Å²) in [6, 6.07) is 4.74. The van der Waals surface area contributed by atoms with Crippen LogP contribution in [0.3, 0.4) is 0 Å². The highest BCUT2D eigenvalue weighted by Gasteiger charge is 2.12. The predicted octanol–water partition coefficient (Wildman–Crippen LogP) is 2.63. The lowest BCUT2D eigenvalue weighted by atomic mass is 10.1. The second kappa shape index (κ2) is 6.96. The fourth-order valence-electron chi connectivity index (χ4n) is 1.66. The van der Waals surface area contributed by atoms with E-state index < -0.39 is 5.82 Å². The zero-order valence-corrected chi connectivity index (χ0v) is 10.7. The van der Waals surface area contributed by atoms with Crippen molar-refractivity contribution in [2.45, 2.75) is 39.4 Å². The van der Waals surface area contributed by atoms with Crippen LogP contribution in [-0.2, 0) is 11.3 Å². The molecule has 5 heteroatoms. The second-order valence-electron chi connectivity index (χ2n) is 4.17. The first-order valence-electron chi connectivity index (χ1n) is 5.97. The van der Waals surface area contributed by atoms with Gasteiger partial charge in [0.25, 0.3) is 0 Å². The Morgan fingerprint density at radius 3 is 2.89 bits per heavy atom. The maximum atomic E-state index is 14.0. The number of hydrogen-bond donors (Lipinski definition) is 2. The summed E-state index contributed by atoms with van der Waals surface area (Å²) in [6.45, 7) is 4.20. The summed E-state index contributed by atoms with van der Waals surface area (Å²) in [5.74, 6) is -0.743. The van der Waals surface area contributed by atoms with E-state index in [-0.39, 0.29) is 24.1 Å². The predicted molar refractivity (Wildman–Crippen MR) is 68.1 cm³/mol. The Bertz CT molecular complexity index is 421. The van der Waals surface area contributed by atoms with Crippen molar-refractivity contribution < 1.29 is 14.3 Å². The molecule has 1 rings (SSSR count). The number of hydrogen-bond acceptors (Lipinski definition) is 3. The van der Waals surface area contributed by atoms with Gasteiger partial charge in [-0.3, -0.25) is 0 Å². The van der Waals surface area contributed by atoms with Crippen LogP contribution >= 0.6 is 0 Å². The summed E-state index contributed by atoms with van der Waals surface area (Å²) in [5, 5.41) is 11.4. The topological polar surface area (TPSA) is 67.8 Å². The summed E-state index contributed by atoms with van der Waals surface area (Å²) in [5.41, 5.74) is 5.88. The number of ether oxygens (including phenoxy) is 1.